The van der Waals surface area contributed by atoms with Crippen molar-refractivity contribution < 1.29 is 9.47 Å². The van der Waals surface area contributed by atoms with Crippen LogP contribution in [0.1, 0.15) is 52.4 Å². The molecule has 0 N–H and O–H groups in total. The molecule has 0 aromatic rings. The van der Waals surface area contributed by atoms with Crippen LogP contribution >= 0.6 is 0 Å². The highest BCUT2D eigenvalue weighted by Crippen LogP contribution is 2.35. The molecule has 2 nitrogen and oxygen atoms in total. The highest BCUT2D eigenvalue weighted by atomic mass is 16.7. The lowest BCUT2D eigenvalue weighted by Gasteiger charge is -2.34. The summed E-state index contributed by atoms with van der Waals surface area (Å²) in [7, 11) is 0. The molecule has 1 aliphatic carbocycles. The quantitative estimate of drug-likeness (QED) is 0.681. The Morgan fingerprint density at radius 2 is 2.38 bits per heavy atom. The van der Waals surface area contributed by atoms with E-state index in [2.05, 4.69) is 19.9 Å². The lowest BCUT2D eigenvalue weighted by Crippen LogP contribution is -2.31. The minimum absolute atomic E-state index is 0.0672. The maximum atomic E-state index is 5.91. The normalized spacial score (nSPS) is 35.9. The zero-order chi connectivity index (χ0) is 11.4. The van der Waals surface area contributed by atoms with Crippen LogP contribution in [0.2, 0.25) is 0 Å². The monoisotopic (exact) mass is 224 g/mol. The van der Waals surface area contributed by atoms with Crippen molar-refractivity contribution in [2.24, 2.45) is 5.41 Å². The Morgan fingerprint density at radius 1 is 1.50 bits per heavy atom. The van der Waals surface area contributed by atoms with Crippen molar-refractivity contribution in [1.29, 1.82) is 0 Å². The van der Waals surface area contributed by atoms with Crippen LogP contribution in [-0.2, 0) is 9.47 Å². The molecule has 1 aliphatic heterocycles. The summed E-state index contributed by atoms with van der Waals surface area (Å²) in [6, 6.07) is 0. The Morgan fingerprint density at radius 3 is 3.00 bits per heavy atom. The Labute approximate surface area is 99.0 Å². The first kappa shape index (κ1) is 12.1. The second-order valence-electron chi connectivity index (χ2n) is 5.67. The minimum atomic E-state index is 0.0672. The standard InChI is InChI=1S/C14H24O2/c1-12-6-8-14(2,9-7-12)11-16-13-5-3-4-10-15-13/h6,13H,3-5,7-11H2,1-2H3. The molecule has 1 saturated heterocycles. The molecular weight excluding hydrogens is 200 g/mol. The summed E-state index contributed by atoms with van der Waals surface area (Å²) in [4.78, 5) is 0. The number of hydrogen-bond donors (Lipinski definition) is 0. The van der Waals surface area contributed by atoms with E-state index in [1.807, 2.05) is 0 Å². The minimum Gasteiger partial charge on any atom is -0.353 e. The molecule has 1 heterocycles. The highest BCUT2D eigenvalue weighted by molar-refractivity contribution is 5.06. The smallest absolute Gasteiger partial charge is 0.157 e. The molecule has 92 valence electrons. The molecule has 16 heavy (non-hydrogen) atoms. The topological polar surface area (TPSA) is 18.5 Å². The Kier molecular flexibility index (Phi) is 4.04. The summed E-state index contributed by atoms with van der Waals surface area (Å²) >= 11 is 0. The van der Waals surface area contributed by atoms with Crippen LogP contribution in [-0.4, -0.2) is 19.5 Å². The van der Waals surface area contributed by atoms with Crippen LogP contribution < -0.4 is 0 Å². The van der Waals surface area contributed by atoms with Gasteiger partial charge in [0.25, 0.3) is 0 Å². The van der Waals surface area contributed by atoms with Gasteiger partial charge in [0, 0.05) is 6.61 Å². The summed E-state index contributed by atoms with van der Waals surface area (Å²) in [6.07, 6.45) is 9.59. The van der Waals surface area contributed by atoms with Crippen molar-refractivity contribution in [3.05, 3.63) is 11.6 Å². The predicted octanol–water partition coefficient (Wildman–Crippen LogP) is 3.67. The van der Waals surface area contributed by atoms with Gasteiger partial charge in [0.15, 0.2) is 6.29 Å². The van der Waals surface area contributed by atoms with E-state index >= 15 is 0 Å². The average molecular weight is 224 g/mol. The van der Waals surface area contributed by atoms with E-state index in [0.29, 0.717) is 5.41 Å². The first-order chi connectivity index (χ1) is 7.68. The summed E-state index contributed by atoms with van der Waals surface area (Å²) in [5, 5.41) is 0. The maximum absolute atomic E-state index is 5.91. The van der Waals surface area contributed by atoms with Crippen LogP contribution in [0.4, 0.5) is 0 Å². The van der Waals surface area contributed by atoms with Gasteiger partial charge in [0.05, 0.1) is 6.61 Å². The first-order valence-electron chi connectivity index (χ1n) is 6.57. The van der Waals surface area contributed by atoms with E-state index < -0.39 is 0 Å². The maximum Gasteiger partial charge on any atom is 0.157 e. The van der Waals surface area contributed by atoms with E-state index in [1.165, 1.54) is 31.3 Å². The van der Waals surface area contributed by atoms with Crippen LogP contribution in [0, 0.1) is 5.41 Å². The Balaban J connectivity index is 1.76. The largest absolute Gasteiger partial charge is 0.353 e. The molecule has 1 fully saturated rings. The van der Waals surface area contributed by atoms with Gasteiger partial charge in [0.1, 0.15) is 0 Å². The lowest BCUT2D eigenvalue weighted by molar-refractivity contribution is -0.178. The molecule has 2 atom stereocenters. The van der Waals surface area contributed by atoms with Gasteiger partial charge < -0.3 is 9.47 Å². The number of hydrogen-bond acceptors (Lipinski definition) is 2. The van der Waals surface area contributed by atoms with Crippen LogP contribution in [0.3, 0.4) is 0 Å². The van der Waals surface area contributed by atoms with E-state index in [9.17, 15) is 0 Å². The fraction of sp³-hybridized carbons (Fsp3) is 0.857. The van der Waals surface area contributed by atoms with Gasteiger partial charge in [-0.2, -0.15) is 0 Å². The van der Waals surface area contributed by atoms with Crippen molar-refractivity contribution in [3.8, 4) is 0 Å². The SMILES string of the molecule is CC1=CCC(C)(COC2CCCCO2)CC1. The van der Waals surface area contributed by atoms with Crippen molar-refractivity contribution >= 4 is 0 Å². The Hall–Kier alpha value is -0.340. The van der Waals surface area contributed by atoms with Crippen LogP contribution in [0.25, 0.3) is 0 Å². The molecule has 2 aliphatic rings. The van der Waals surface area contributed by atoms with Gasteiger partial charge in [-0.1, -0.05) is 18.6 Å². The number of allylic oxidation sites excluding steroid dienone is 2. The third-order valence-electron chi connectivity index (χ3n) is 3.82. The first-order valence-corrected chi connectivity index (χ1v) is 6.57. The molecule has 0 amide bonds. The lowest BCUT2D eigenvalue weighted by atomic mass is 9.77. The van der Waals surface area contributed by atoms with Gasteiger partial charge >= 0.3 is 0 Å². The van der Waals surface area contributed by atoms with Crippen LogP contribution in [0.15, 0.2) is 11.6 Å². The predicted molar refractivity (Wildman–Crippen MR) is 65.3 cm³/mol. The van der Waals surface area contributed by atoms with Crippen LogP contribution in [0.5, 0.6) is 0 Å². The molecule has 2 unspecified atom stereocenters. The molecule has 2 heteroatoms. The Bertz CT molecular complexity index is 253. The van der Waals surface area contributed by atoms with Crippen molar-refractivity contribution in [1.82, 2.24) is 0 Å². The molecule has 0 spiro atoms. The summed E-state index contributed by atoms with van der Waals surface area (Å²) < 4.78 is 11.5. The second kappa shape index (κ2) is 5.33. The van der Waals surface area contributed by atoms with E-state index in [4.69, 9.17) is 9.47 Å². The molecule has 2 rings (SSSR count). The van der Waals surface area contributed by atoms with Gasteiger partial charge in [-0.05, 0) is 50.9 Å². The fourth-order valence-corrected chi connectivity index (χ4v) is 2.39. The zero-order valence-electron chi connectivity index (χ0n) is 10.6. The summed E-state index contributed by atoms with van der Waals surface area (Å²) in [6.45, 7) is 6.28. The van der Waals surface area contributed by atoms with Gasteiger partial charge in [-0.3, -0.25) is 0 Å². The van der Waals surface area contributed by atoms with E-state index in [-0.39, 0.29) is 6.29 Å². The van der Waals surface area contributed by atoms with Crippen molar-refractivity contribution in [2.45, 2.75) is 58.7 Å². The molecule has 0 aromatic carbocycles. The second-order valence-corrected chi connectivity index (χ2v) is 5.67. The number of ether oxygens (including phenoxy) is 2. The fourth-order valence-electron chi connectivity index (χ4n) is 2.39. The van der Waals surface area contributed by atoms with E-state index in [1.54, 1.807) is 0 Å². The van der Waals surface area contributed by atoms with Crippen molar-refractivity contribution in [2.75, 3.05) is 13.2 Å². The van der Waals surface area contributed by atoms with Gasteiger partial charge in [0.2, 0.25) is 0 Å². The summed E-state index contributed by atoms with van der Waals surface area (Å²) in [5.41, 5.74) is 1.87. The third-order valence-corrected chi connectivity index (χ3v) is 3.82. The van der Waals surface area contributed by atoms with Gasteiger partial charge in [-0.25, -0.2) is 0 Å². The molecule has 0 aromatic heterocycles. The van der Waals surface area contributed by atoms with Crippen molar-refractivity contribution in [3.63, 3.8) is 0 Å². The number of rotatable bonds is 3. The highest BCUT2D eigenvalue weighted by Gasteiger charge is 2.28. The zero-order valence-corrected chi connectivity index (χ0v) is 10.6. The molecule has 0 radical (unpaired) electrons. The average Bonchev–Trinajstić information content (AvgIpc) is 2.33. The third kappa shape index (κ3) is 3.33. The molecule has 0 bridgehead atoms. The molecule has 0 saturated carbocycles. The molecular formula is C14H24O2. The summed E-state index contributed by atoms with van der Waals surface area (Å²) in [5.74, 6) is 0. The van der Waals surface area contributed by atoms with Gasteiger partial charge in [-0.15, -0.1) is 0 Å². The van der Waals surface area contributed by atoms with E-state index in [0.717, 1.165) is 26.1 Å².